The van der Waals surface area contributed by atoms with E-state index in [0.717, 1.165) is 22.8 Å². The van der Waals surface area contributed by atoms with Crippen molar-refractivity contribution in [3.05, 3.63) is 41.7 Å². The molecule has 0 radical (unpaired) electrons. The number of aromatic nitrogens is 3. The zero-order valence-electron chi connectivity index (χ0n) is 13.4. The zero-order valence-corrected chi connectivity index (χ0v) is 13.4. The molecule has 2 amide bonds. The molecule has 3 aromatic rings. The van der Waals surface area contributed by atoms with Gasteiger partial charge in [-0.3, -0.25) is 0 Å². The average Bonchev–Trinajstić information content (AvgIpc) is 3.01. The molecular weight excluding hydrogens is 294 g/mol. The first-order chi connectivity index (χ1) is 11.0. The molecule has 0 saturated carbocycles. The number of nitrogens with one attached hydrogen (secondary N) is 2. The van der Waals surface area contributed by atoms with Gasteiger partial charge in [0.1, 0.15) is 17.4 Å². The van der Waals surface area contributed by atoms with Gasteiger partial charge in [-0.05, 0) is 32.9 Å². The molecule has 2 N–H and O–H groups in total. The zero-order chi connectivity index (χ0) is 16.4. The van der Waals surface area contributed by atoms with Crippen molar-refractivity contribution in [1.82, 2.24) is 20.1 Å². The summed E-state index contributed by atoms with van der Waals surface area (Å²) in [6.07, 6.45) is 0. The number of fused-ring (bicyclic) bond motifs is 1. The number of rotatable bonds is 4. The molecule has 0 spiro atoms. The van der Waals surface area contributed by atoms with E-state index in [1.54, 1.807) is 4.68 Å². The number of amides is 2. The van der Waals surface area contributed by atoms with Crippen molar-refractivity contribution < 1.29 is 9.21 Å². The minimum atomic E-state index is -0.277. The number of furan rings is 1. The first-order valence-corrected chi connectivity index (χ1v) is 7.45. The van der Waals surface area contributed by atoms with Gasteiger partial charge in [-0.2, -0.15) is 5.10 Å². The summed E-state index contributed by atoms with van der Waals surface area (Å²) in [6.45, 7) is 6.65. The van der Waals surface area contributed by atoms with Crippen LogP contribution in [-0.4, -0.2) is 27.3 Å². The number of para-hydroxylation sites is 1. The van der Waals surface area contributed by atoms with E-state index < -0.39 is 0 Å². The molecule has 23 heavy (non-hydrogen) atoms. The molecule has 1 aromatic carbocycles. The van der Waals surface area contributed by atoms with E-state index in [1.807, 2.05) is 45.0 Å². The fourth-order valence-electron chi connectivity index (χ4n) is 2.51. The molecule has 0 fully saturated rings. The summed E-state index contributed by atoms with van der Waals surface area (Å²) in [4.78, 5) is 16.3. The van der Waals surface area contributed by atoms with Crippen LogP contribution in [0.3, 0.4) is 0 Å². The van der Waals surface area contributed by atoms with Gasteiger partial charge in [0, 0.05) is 11.9 Å². The number of urea groups is 1. The van der Waals surface area contributed by atoms with Crippen molar-refractivity contribution in [2.45, 2.75) is 27.3 Å². The third kappa shape index (κ3) is 3.33. The van der Waals surface area contributed by atoms with E-state index in [9.17, 15) is 4.79 Å². The first kappa shape index (κ1) is 15.1. The maximum absolute atomic E-state index is 12.0. The SMILES string of the molecule is Cc1nc(C)n(CCNC(=O)Nc2cccc3cc(C)oc23)n1. The molecule has 0 atom stereocenters. The van der Waals surface area contributed by atoms with Gasteiger partial charge in [0.25, 0.3) is 0 Å². The molecule has 0 aliphatic rings. The van der Waals surface area contributed by atoms with Crippen LogP contribution >= 0.6 is 0 Å². The summed E-state index contributed by atoms with van der Waals surface area (Å²) in [7, 11) is 0. The highest BCUT2D eigenvalue weighted by Gasteiger charge is 2.09. The van der Waals surface area contributed by atoms with E-state index in [-0.39, 0.29) is 6.03 Å². The number of nitrogens with zero attached hydrogens (tertiary/aromatic N) is 3. The summed E-state index contributed by atoms with van der Waals surface area (Å²) in [5, 5.41) is 10.8. The summed E-state index contributed by atoms with van der Waals surface area (Å²) >= 11 is 0. The summed E-state index contributed by atoms with van der Waals surface area (Å²) < 4.78 is 7.40. The van der Waals surface area contributed by atoms with Crippen molar-refractivity contribution in [1.29, 1.82) is 0 Å². The Bertz CT molecular complexity index is 849. The topological polar surface area (TPSA) is 85.0 Å². The number of carbonyl (C=O) groups excluding carboxylic acids is 1. The molecular formula is C16H19N5O2. The Morgan fingerprint density at radius 2 is 2.13 bits per heavy atom. The van der Waals surface area contributed by atoms with Crippen molar-refractivity contribution in [2.24, 2.45) is 0 Å². The number of benzene rings is 1. The molecule has 0 aliphatic carbocycles. The average molecular weight is 313 g/mol. The molecule has 0 saturated heterocycles. The van der Waals surface area contributed by atoms with Gasteiger partial charge in [-0.15, -0.1) is 0 Å². The fraction of sp³-hybridized carbons (Fsp3) is 0.312. The smallest absolute Gasteiger partial charge is 0.319 e. The van der Waals surface area contributed by atoms with Crippen LogP contribution in [-0.2, 0) is 6.54 Å². The molecule has 0 unspecified atom stereocenters. The lowest BCUT2D eigenvalue weighted by molar-refractivity contribution is 0.251. The maximum atomic E-state index is 12.0. The minimum absolute atomic E-state index is 0.277. The van der Waals surface area contributed by atoms with Crippen LogP contribution in [0.4, 0.5) is 10.5 Å². The number of hydrogen-bond acceptors (Lipinski definition) is 4. The number of anilines is 1. The van der Waals surface area contributed by atoms with E-state index in [4.69, 9.17) is 4.42 Å². The number of carbonyl (C=O) groups is 1. The monoisotopic (exact) mass is 313 g/mol. The molecule has 3 rings (SSSR count). The fourth-order valence-corrected chi connectivity index (χ4v) is 2.51. The van der Waals surface area contributed by atoms with Gasteiger partial charge < -0.3 is 15.1 Å². The van der Waals surface area contributed by atoms with Crippen molar-refractivity contribution in [3.63, 3.8) is 0 Å². The Balaban J connectivity index is 1.59. The highest BCUT2D eigenvalue weighted by atomic mass is 16.3. The lowest BCUT2D eigenvalue weighted by Crippen LogP contribution is -2.31. The van der Waals surface area contributed by atoms with Crippen molar-refractivity contribution in [3.8, 4) is 0 Å². The number of aryl methyl sites for hydroxylation is 3. The second-order valence-electron chi connectivity index (χ2n) is 5.39. The van der Waals surface area contributed by atoms with Crippen LogP contribution in [0.5, 0.6) is 0 Å². The van der Waals surface area contributed by atoms with Crippen LogP contribution in [0.15, 0.2) is 28.7 Å². The van der Waals surface area contributed by atoms with E-state index in [2.05, 4.69) is 20.7 Å². The Morgan fingerprint density at radius 3 is 2.87 bits per heavy atom. The predicted octanol–water partition coefficient (Wildman–Crippen LogP) is 2.77. The van der Waals surface area contributed by atoms with Crippen molar-refractivity contribution in [2.75, 3.05) is 11.9 Å². The third-order valence-corrected chi connectivity index (χ3v) is 3.49. The summed E-state index contributed by atoms with van der Waals surface area (Å²) in [5.41, 5.74) is 1.34. The maximum Gasteiger partial charge on any atom is 0.319 e. The second-order valence-corrected chi connectivity index (χ2v) is 5.39. The molecule has 120 valence electrons. The standard InChI is InChI=1S/C16H19N5O2/c1-10-9-13-5-4-6-14(15(13)23-10)19-16(22)17-7-8-21-12(3)18-11(2)20-21/h4-6,9H,7-8H2,1-3H3,(H2,17,19,22). The molecule has 0 aliphatic heterocycles. The van der Waals surface area contributed by atoms with Crippen LogP contribution < -0.4 is 10.6 Å². The first-order valence-electron chi connectivity index (χ1n) is 7.45. The molecule has 7 nitrogen and oxygen atoms in total. The van der Waals surface area contributed by atoms with Crippen LogP contribution in [0.1, 0.15) is 17.4 Å². The van der Waals surface area contributed by atoms with Gasteiger partial charge in [-0.1, -0.05) is 12.1 Å². The normalized spacial score (nSPS) is 10.9. The van der Waals surface area contributed by atoms with E-state index in [0.29, 0.717) is 24.4 Å². The van der Waals surface area contributed by atoms with Gasteiger partial charge in [0.15, 0.2) is 5.58 Å². The largest absolute Gasteiger partial charge is 0.459 e. The van der Waals surface area contributed by atoms with Gasteiger partial charge in [0.05, 0.1) is 12.2 Å². The van der Waals surface area contributed by atoms with Gasteiger partial charge in [0.2, 0.25) is 0 Å². The highest BCUT2D eigenvalue weighted by Crippen LogP contribution is 2.26. The van der Waals surface area contributed by atoms with Crippen LogP contribution in [0, 0.1) is 20.8 Å². The lowest BCUT2D eigenvalue weighted by atomic mass is 10.2. The predicted molar refractivity (Wildman–Crippen MR) is 87.5 cm³/mol. The highest BCUT2D eigenvalue weighted by molar-refractivity contribution is 5.99. The van der Waals surface area contributed by atoms with E-state index >= 15 is 0 Å². The van der Waals surface area contributed by atoms with Gasteiger partial charge >= 0.3 is 6.03 Å². The summed E-state index contributed by atoms with van der Waals surface area (Å²) in [6, 6.07) is 7.31. The Kier molecular flexibility index (Phi) is 4.01. The lowest BCUT2D eigenvalue weighted by Gasteiger charge is -2.08. The minimum Gasteiger partial charge on any atom is -0.459 e. The second kappa shape index (κ2) is 6.12. The third-order valence-electron chi connectivity index (χ3n) is 3.49. The Labute approximate surface area is 133 Å². The molecule has 2 aromatic heterocycles. The Hall–Kier alpha value is -2.83. The number of hydrogen-bond donors (Lipinski definition) is 2. The van der Waals surface area contributed by atoms with E-state index in [1.165, 1.54) is 0 Å². The van der Waals surface area contributed by atoms with Crippen molar-refractivity contribution >= 4 is 22.7 Å². The van der Waals surface area contributed by atoms with Crippen LogP contribution in [0.2, 0.25) is 0 Å². The van der Waals surface area contributed by atoms with Crippen LogP contribution in [0.25, 0.3) is 11.0 Å². The summed E-state index contributed by atoms with van der Waals surface area (Å²) in [5.74, 6) is 2.37. The quantitative estimate of drug-likeness (QED) is 0.775. The molecule has 2 heterocycles. The molecule has 7 heteroatoms. The molecule has 0 bridgehead atoms. The Morgan fingerprint density at radius 1 is 1.30 bits per heavy atom. The van der Waals surface area contributed by atoms with Gasteiger partial charge in [-0.25, -0.2) is 14.5 Å².